The highest BCUT2D eigenvalue weighted by Gasteiger charge is 2.46. The van der Waals surface area contributed by atoms with Crippen LogP contribution >= 0.6 is 0 Å². The SMILES string of the molecule is O=C1CCC(N2C(=O)c3cccc(CN4CCC(C5(O)CCNCC5)CC4)c3C2=O)C(=O)N1. The van der Waals surface area contributed by atoms with E-state index in [0.29, 0.717) is 17.7 Å². The molecule has 0 saturated carbocycles. The third-order valence-electron chi connectivity index (χ3n) is 7.77. The van der Waals surface area contributed by atoms with E-state index in [4.69, 9.17) is 0 Å². The van der Waals surface area contributed by atoms with Gasteiger partial charge in [-0.2, -0.15) is 0 Å². The van der Waals surface area contributed by atoms with Gasteiger partial charge < -0.3 is 10.4 Å². The highest BCUT2D eigenvalue weighted by molar-refractivity contribution is 6.24. The van der Waals surface area contributed by atoms with Crippen molar-refractivity contribution in [3.63, 3.8) is 0 Å². The van der Waals surface area contributed by atoms with Crippen LogP contribution in [0.15, 0.2) is 18.2 Å². The number of hydrogen-bond donors (Lipinski definition) is 3. The highest BCUT2D eigenvalue weighted by Crippen LogP contribution is 2.36. The van der Waals surface area contributed by atoms with Crippen LogP contribution in [0.4, 0.5) is 0 Å². The van der Waals surface area contributed by atoms with Gasteiger partial charge in [0, 0.05) is 13.0 Å². The van der Waals surface area contributed by atoms with Crippen LogP contribution < -0.4 is 10.6 Å². The number of nitrogens with one attached hydrogen (secondary N) is 2. The van der Waals surface area contributed by atoms with E-state index in [0.717, 1.165) is 62.3 Å². The van der Waals surface area contributed by atoms with Gasteiger partial charge in [0.2, 0.25) is 11.8 Å². The van der Waals surface area contributed by atoms with Crippen molar-refractivity contribution in [2.45, 2.75) is 56.7 Å². The number of nitrogens with zero attached hydrogens (tertiary/aromatic N) is 2. The van der Waals surface area contributed by atoms with Gasteiger partial charge in [-0.25, -0.2) is 0 Å². The molecule has 0 spiro atoms. The largest absolute Gasteiger partial charge is 0.390 e. The second kappa shape index (κ2) is 8.62. The predicted molar refractivity (Wildman–Crippen MR) is 118 cm³/mol. The first-order valence-electron chi connectivity index (χ1n) is 11.9. The van der Waals surface area contributed by atoms with Gasteiger partial charge in [-0.3, -0.25) is 34.3 Å². The Hall–Kier alpha value is -2.62. The Bertz CT molecular complexity index is 995. The predicted octanol–water partition coefficient (Wildman–Crippen LogP) is 0.414. The molecule has 0 aromatic heterocycles. The lowest BCUT2D eigenvalue weighted by atomic mass is 9.75. The molecule has 1 atom stereocenters. The van der Waals surface area contributed by atoms with Crippen LogP contribution in [0.1, 0.15) is 64.8 Å². The summed E-state index contributed by atoms with van der Waals surface area (Å²) in [4.78, 5) is 53.4. The Morgan fingerprint density at radius 3 is 2.42 bits per heavy atom. The number of amides is 4. The number of piperidine rings is 3. The normalized spacial score (nSPS) is 26.5. The quantitative estimate of drug-likeness (QED) is 0.564. The zero-order valence-corrected chi connectivity index (χ0v) is 18.6. The molecule has 4 aliphatic rings. The molecule has 4 amide bonds. The van der Waals surface area contributed by atoms with Gasteiger partial charge in [0.15, 0.2) is 0 Å². The molecule has 9 nitrogen and oxygen atoms in total. The van der Waals surface area contributed by atoms with Crippen LogP contribution in [-0.2, 0) is 16.1 Å². The number of aliphatic hydroxyl groups is 1. The van der Waals surface area contributed by atoms with Crippen LogP contribution in [0.2, 0.25) is 0 Å². The number of hydrogen-bond acceptors (Lipinski definition) is 7. The summed E-state index contributed by atoms with van der Waals surface area (Å²) in [5, 5.41) is 16.6. The number of imide groups is 2. The summed E-state index contributed by atoms with van der Waals surface area (Å²) in [6.07, 6.45) is 3.64. The molecule has 3 fully saturated rings. The maximum atomic E-state index is 13.3. The minimum Gasteiger partial charge on any atom is -0.390 e. The van der Waals surface area contributed by atoms with Gasteiger partial charge in [-0.15, -0.1) is 0 Å². The van der Waals surface area contributed by atoms with E-state index in [-0.39, 0.29) is 24.7 Å². The monoisotopic (exact) mass is 454 g/mol. The molecule has 3 saturated heterocycles. The number of carbonyl (C=O) groups is 4. The molecule has 4 aliphatic heterocycles. The van der Waals surface area contributed by atoms with Gasteiger partial charge in [0.25, 0.3) is 11.8 Å². The molecule has 176 valence electrons. The Balaban J connectivity index is 1.29. The van der Waals surface area contributed by atoms with Crippen molar-refractivity contribution in [1.82, 2.24) is 20.4 Å². The molecule has 9 heteroatoms. The van der Waals surface area contributed by atoms with E-state index in [9.17, 15) is 24.3 Å². The molecule has 1 unspecified atom stereocenters. The van der Waals surface area contributed by atoms with Gasteiger partial charge in [0.1, 0.15) is 6.04 Å². The summed E-state index contributed by atoms with van der Waals surface area (Å²) >= 11 is 0. The van der Waals surface area contributed by atoms with Crippen molar-refractivity contribution >= 4 is 23.6 Å². The highest BCUT2D eigenvalue weighted by atomic mass is 16.3. The standard InChI is InChI=1S/C24H30N4O5/c29-19-5-4-18(21(30)26-19)28-22(31)17-3-1-2-15(20(17)23(28)32)14-27-12-6-16(7-13-27)24(33)8-10-25-11-9-24/h1-3,16,18,25,33H,4-14H2,(H,26,29,30). The third-order valence-corrected chi connectivity index (χ3v) is 7.77. The summed E-state index contributed by atoms with van der Waals surface area (Å²) in [7, 11) is 0. The number of likely N-dealkylation sites (tertiary alicyclic amines) is 1. The Morgan fingerprint density at radius 2 is 1.73 bits per heavy atom. The Kier molecular flexibility index (Phi) is 5.80. The van der Waals surface area contributed by atoms with E-state index < -0.39 is 29.4 Å². The van der Waals surface area contributed by atoms with E-state index in [2.05, 4.69) is 15.5 Å². The van der Waals surface area contributed by atoms with E-state index >= 15 is 0 Å². The second-order valence-electron chi connectivity index (χ2n) is 9.69. The minimum atomic E-state index is -0.954. The van der Waals surface area contributed by atoms with Crippen LogP contribution in [-0.4, -0.2) is 76.4 Å². The molecule has 1 aromatic carbocycles. The summed E-state index contributed by atoms with van der Waals surface area (Å²) < 4.78 is 0. The first kappa shape index (κ1) is 22.2. The minimum absolute atomic E-state index is 0.105. The molecule has 1 aromatic rings. The third kappa shape index (κ3) is 3.98. The summed E-state index contributed by atoms with van der Waals surface area (Å²) in [5.41, 5.74) is 0.878. The van der Waals surface area contributed by atoms with Gasteiger partial charge in [0.05, 0.1) is 16.7 Å². The molecule has 0 bridgehead atoms. The van der Waals surface area contributed by atoms with Crippen LogP contribution in [0.3, 0.4) is 0 Å². The van der Waals surface area contributed by atoms with Crippen LogP contribution in [0.5, 0.6) is 0 Å². The average Bonchev–Trinajstić information content (AvgIpc) is 3.06. The van der Waals surface area contributed by atoms with Crippen LogP contribution in [0, 0.1) is 5.92 Å². The van der Waals surface area contributed by atoms with Gasteiger partial charge >= 0.3 is 0 Å². The summed E-state index contributed by atoms with van der Waals surface area (Å²) in [6.45, 7) is 3.89. The van der Waals surface area contributed by atoms with Crippen molar-refractivity contribution in [1.29, 1.82) is 0 Å². The van der Waals surface area contributed by atoms with Crippen LogP contribution in [0.25, 0.3) is 0 Å². The smallest absolute Gasteiger partial charge is 0.262 e. The zero-order valence-electron chi connectivity index (χ0n) is 18.6. The average molecular weight is 455 g/mol. The van der Waals surface area contributed by atoms with E-state index in [1.54, 1.807) is 12.1 Å². The van der Waals surface area contributed by atoms with Gasteiger partial charge in [-0.05, 0) is 75.8 Å². The lowest BCUT2D eigenvalue weighted by Crippen LogP contribution is -2.54. The van der Waals surface area contributed by atoms with Crippen molar-refractivity contribution in [2.75, 3.05) is 26.2 Å². The van der Waals surface area contributed by atoms with E-state index in [1.807, 2.05) is 6.07 Å². The molecule has 5 rings (SSSR count). The van der Waals surface area contributed by atoms with Crippen molar-refractivity contribution < 1.29 is 24.3 Å². The molecule has 33 heavy (non-hydrogen) atoms. The maximum absolute atomic E-state index is 13.3. The lowest BCUT2D eigenvalue weighted by molar-refractivity contribution is -0.136. The Labute approximate surface area is 192 Å². The van der Waals surface area contributed by atoms with E-state index in [1.165, 1.54) is 0 Å². The fraction of sp³-hybridized carbons (Fsp3) is 0.583. The van der Waals surface area contributed by atoms with Crippen molar-refractivity contribution in [2.24, 2.45) is 5.92 Å². The topological polar surface area (TPSA) is 119 Å². The first-order chi connectivity index (χ1) is 15.9. The fourth-order valence-corrected chi connectivity index (χ4v) is 5.85. The molecular weight excluding hydrogens is 424 g/mol. The number of carbonyl (C=O) groups excluding carboxylic acids is 4. The van der Waals surface area contributed by atoms with Gasteiger partial charge in [-0.1, -0.05) is 12.1 Å². The maximum Gasteiger partial charge on any atom is 0.262 e. The molecule has 3 N–H and O–H groups in total. The second-order valence-corrected chi connectivity index (χ2v) is 9.69. The molecule has 0 radical (unpaired) electrons. The van der Waals surface area contributed by atoms with Crippen molar-refractivity contribution in [3.8, 4) is 0 Å². The fourth-order valence-electron chi connectivity index (χ4n) is 5.85. The number of fused-ring (bicyclic) bond motifs is 1. The first-order valence-corrected chi connectivity index (χ1v) is 11.9. The number of benzene rings is 1. The Morgan fingerprint density at radius 1 is 1.00 bits per heavy atom. The van der Waals surface area contributed by atoms with Crippen molar-refractivity contribution in [3.05, 3.63) is 34.9 Å². The molecule has 4 heterocycles. The molecular formula is C24H30N4O5. The summed E-state index contributed by atoms with van der Waals surface area (Å²) in [6, 6.07) is 4.32. The lowest BCUT2D eigenvalue weighted by Gasteiger charge is -2.43. The number of rotatable bonds is 4. The molecule has 0 aliphatic carbocycles. The summed E-state index contributed by atoms with van der Waals surface area (Å²) in [5.74, 6) is -1.63. The zero-order chi connectivity index (χ0) is 23.2.